The number of hydrogen-bond donors (Lipinski definition) is 1. The van der Waals surface area contributed by atoms with Gasteiger partial charge in [-0.05, 0) is 52.4 Å². The molecule has 0 aliphatic heterocycles. The lowest BCUT2D eigenvalue weighted by Gasteiger charge is -2.31. The van der Waals surface area contributed by atoms with Gasteiger partial charge < -0.3 is 5.73 Å². The fraction of sp³-hybridized carbons (Fsp3) is 0.292. The number of nitrogens with zero attached hydrogens (tertiary/aromatic N) is 1. The van der Waals surface area contributed by atoms with E-state index in [2.05, 4.69) is 0 Å². The van der Waals surface area contributed by atoms with E-state index in [1.54, 1.807) is 12.1 Å². The van der Waals surface area contributed by atoms with Crippen molar-refractivity contribution in [2.75, 3.05) is 16.4 Å². The van der Waals surface area contributed by atoms with Crippen molar-refractivity contribution in [2.24, 2.45) is 5.73 Å². The number of thiophene rings is 1. The van der Waals surface area contributed by atoms with Gasteiger partial charge in [0.05, 0.1) is 17.9 Å². The standard InChI is InChI=1S/C24H23F3N2O3S2/c25-24(26,27)21(30)15-33-11-4-9-20(23(28)32)29(22(31)13-16-10-12-34-14-16)19-8-3-6-17-5-1-2-7-18(17)19/h1-3,5-8,10,12,14,20H,4,9,11,13,15H2,(H2,28,32)/t20-/m0/s1. The Morgan fingerprint density at radius 3 is 2.47 bits per heavy atom. The van der Waals surface area contributed by atoms with E-state index in [0.717, 1.165) is 28.1 Å². The highest BCUT2D eigenvalue weighted by atomic mass is 32.2. The van der Waals surface area contributed by atoms with Gasteiger partial charge in [-0.3, -0.25) is 19.3 Å². The van der Waals surface area contributed by atoms with E-state index in [-0.39, 0.29) is 24.5 Å². The van der Waals surface area contributed by atoms with Gasteiger partial charge in [0, 0.05) is 5.39 Å². The lowest BCUT2D eigenvalue weighted by Crippen LogP contribution is -2.49. The van der Waals surface area contributed by atoms with Crippen molar-refractivity contribution in [3.63, 3.8) is 0 Å². The fourth-order valence-electron chi connectivity index (χ4n) is 3.57. The third-order valence-electron chi connectivity index (χ3n) is 5.19. The number of primary amides is 1. The molecule has 1 heterocycles. The number of rotatable bonds is 11. The second kappa shape index (κ2) is 11.5. The average Bonchev–Trinajstić information content (AvgIpc) is 3.30. The second-order valence-corrected chi connectivity index (χ2v) is 9.49. The van der Waals surface area contributed by atoms with Crippen LogP contribution in [-0.2, 0) is 20.8 Å². The molecule has 0 aliphatic rings. The summed E-state index contributed by atoms with van der Waals surface area (Å²) in [5.74, 6) is -3.28. The predicted octanol–water partition coefficient (Wildman–Crippen LogP) is 4.98. The number of thioether (sulfide) groups is 1. The minimum absolute atomic E-state index is 0.0747. The van der Waals surface area contributed by atoms with Crippen molar-refractivity contribution in [3.05, 3.63) is 64.9 Å². The molecule has 0 unspecified atom stereocenters. The molecule has 10 heteroatoms. The summed E-state index contributed by atoms with van der Waals surface area (Å²) < 4.78 is 37.2. The minimum Gasteiger partial charge on any atom is -0.368 e. The molecule has 0 fully saturated rings. The second-order valence-electron chi connectivity index (χ2n) is 7.60. The first-order valence-corrected chi connectivity index (χ1v) is 12.6. The lowest BCUT2D eigenvalue weighted by atomic mass is 10.0. The Hall–Kier alpha value is -2.85. The Balaban J connectivity index is 1.83. The Morgan fingerprint density at radius 1 is 1.06 bits per heavy atom. The third kappa shape index (κ3) is 6.60. The number of alkyl halides is 3. The monoisotopic (exact) mass is 508 g/mol. The number of carbonyl (C=O) groups is 3. The smallest absolute Gasteiger partial charge is 0.368 e. The van der Waals surface area contributed by atoms with Crippen LogP contribution in [0, 0.1) is 0 Å². The summed E-state index contributed by atoms with van der Waals surface area (Å²) in [6, 6.07) is 13.7. The van der Waals surface area contributed by atoms with Crippen molar-refractivity contribution in [1.82, 2.24) is 0 Å². The van der Waals surface area contributed by atoms with E-state index >= 15 is 0 Å². The molecule has 34 heavy (non-hydrogen) atoms. The number of halogens is 3. The quantitative estimate of drug-likeness (QED) is 0.371. The van der Waals surface area contributed by atoms with Gasteiger partial charge in [0.15, 0.2) is 0 Å². The fourth-order valence-corrected chi connectivity index (χ4v) is 5.10. The van der Waals surface area contributed by atoms with E-state index in [1.165, 1.54) is 16.2 Å². The molecule has 0 spiro atoms. The van der Waals surface area contributed by atoms with Crippen molar-refractivity contribution in [2.45, 2.75) is 31.5 Å². The zero-order chi connectivity index (χ0) is 24.7. The molecule has 5 nitrogen and oxygen atoms in total. The summed E-state index contributed by atoms with van der Waals surface area (Å²) in [4.78, 5) is 38.4. The number of nitrogens with two attached hydrogens (primary N) is 1. The highest BCUT2D eigenvalue weighted by molar-refractivity contribution is 7.99. The van der Waals surface area contributed by atoms with Crippen LogP contribution in [0.5, 0.6) is 0 Å². The van der Waals surface area contributed by atoms with Gasteiger partial charge in [0.2, 0.25) is 17.6 Å². The number of ketones is 1. The summed E-state index contributed by atoms with van der Waals surface area (Å²) in [6.45, 7) is 0. The zero-order valence-electron chi connectivity index (χ0n) is 18.1. The van der Waals surface area contributed by atoms with Crippen LogP contribution in [0.1, 0.15) is 18.4 Å². The van der Waals surface area contributed by atoms with Gasteiger partial charge in [-0.1, -0.05) is 36.4 Å². The van der Waals surface area contributed by atoms with Crippen LogP contribution in [0.2, 0.25) is 0 Å². The first-order chi connectivity index (χ1) is 16.2. The van der Waals surface area contributed by atoms with E-state index in [1.807, 2.05) is 47.2 Å². The van der Waals surface area contributed by atoms with Crippen LogP contribution < -0.4 is 10.6 Å². The molecule has 2 amide bonds. The molecule has 2 N–H and O–H groups in total. The Morgan fingerprint density at radius 2 is 1.79 bits per heavy atom. The first kappa shape index (κ1) is 25.8. The minimum atomic E-state index is -4.86. The van der Waals surface area contributed by atoms with Crippen LogP contribution in [-0.4, -0.2) is 41.3 Å². The third-order valence-corrected chi connectivity index (χ3v) is 6.96. The molecular formula is C24H23F3N2O3S2. The van der Waals surface area contributed by atoms with Gasteiger partial charge in [0.1, 0.15) is 6.04 Å². The van der Waals surface area contributed by atoms with Crippen molar-refractivity contribution >= 4 is 57.2 Å². The number of hydrogen-bond acceptors (Lipinski definition) is 5. The Bertz CT molecular complexity index is 1140. The number of fused-ring (bicyclic) bond motifs is 1. The number of Topliss-reactive ketones (excluding diaryl/α,β-unsaturated/α-hetero) is 1. The van der Waals surface area contributed by atoms with Crippen molar-refractivity contribution < 1.29 is 27.6 Å². The molecular weight excluding hydrogens is 485 g/mol. The maximum Gasteiger partial charge on any atom is 0.450 e. The van der Waals surface area contributed by atoms with Crippen LogP contribution in [0.25, 0.3) is 10.8 Å². The molecule has 0 aliphatic carbocycles. The molecule has 3 aromatic rings. The SMILES string of the molecule is NC(=O)[C@H](CCCSCC(=O)C(F)(F)F)N(C(=O)Cc1ccsc1)c1cccc2ccccc12. The van der Waals surface area contributed by atoms with E-state index < -0.39 is 29.7 Å². The maximum atomic E-state index is 13.4. The summed E-state index contributed by atoms with van der Waals surface area (Å²) >= 11 is 2.30. The number of anilines is 1. The largest absolute Gasteiger partial charge is 0.450 e. The van der Waals surface area contributed by atoms with E-state index in [4.69, 9.17) is 5.73 Å². The molecule has 0 radical (unpaired) electrons. The Kier molecular flexibility index (Phi) is 8.73. The summed E-state index contributed by atoms with van der Waals surface area (Å²) in [7, 11) is 0. The molecule has 0 bridgehead atoms. The van der Waals surface area contributed by atoms with Gasteiger partial charge in [-0.25, -0.2) is 0 Å². The molecule has 0 saturated carbocycles. The predicted molar refractivity (Wildman–Crippen MR) is 130 cm³/mol. The number of carbonyl (C=O) groups excluding carboxylic acids is 3. The Labute approximate surface area is 203 Å². The van der Waals surface area contributed by atoms with Crippen LogP contribution in [0.4, 0.5) is 18.9 Å². The highest BCUT2D eigenvalue weighted by Crippen LogP contribution is 2.30. The molecule has 0 saturated heterocycles. The van der Waals surface area contributed by atoms with E-state index in [9.17, 15) is 27.6 Å². The molecule has 180 valence electrons. The van der Waals surface area contributed by atoms with Crippen molar-refractivity contribution in [1.29, 1.82) is 0 Å². The molecule has 3 rings (SSSR count). The van der Waals surface area contributed by atoms with Gasteiger partial charge >= 0.3 is 6.18 Å². The maximum absolute atomic E-state index is 13.4. The number of amides is 2. The van der Waals surface area contributed by atoms with Gasteiger partial charge in [-0.2, -0.15) is 36.3 Å². The zero-order valence-corrected chi connectivity index (χ0v) is 19.7. The van der Waals surface area contributed by atoms with E-state index in [0.29, 0.717) is 12.1 Å². The first-order valence-electron chi connectivity index (χ1n) is 10.5. The van der Waals surface area contributed by atoms with Crippen LogP contribution in [0.3, 0.4) is 0 Å². The van der Waals surface area contributed by atoms with Crippen LogP contribution in [0.15, 0.2) is 59.3 Å². The van der Waals surface area contributed by atoms with Crippen LogP contribution >= 0.6 is 23.1 Å². The molecule has 1 aromatic heterocycles. The van der Waals surface area contributed by atoms with Crippen molar-refractivity contribution in [3.8, 4) is 0 Å². The topological polar surface area (TPSA) is 80.5 Å². The summed E-state index contributed by atoms with van der Waals surface area (Å²) in [5.41, 5.74) is 7.06. The lowest BCUT2D eigenvalue weighted by molar-refractivity contribution is -0.167. The van der Waals surface area contributed by atoms with Gasteiger partial charge in [-0.15, -0.1) is 0 Å². The summed E-state index contributed by atoms with van der Waals surface area (Å²) in [5, 5.41) is 5.38. The summed E-state index contributed by atoms with van der Waals surface area (Å²) in [6.07, 6.45) is -4.33. The average molecular weight is 509 g/mol. The van der Waals surface area contributed by atoms with Gasteiger partial charge in [0.25, 0.3) is 0 Å². The molecule has 2 aromatic carbocycles. The number of benzene rings is 2. The molecule has 1 atom stereocenters. The highest BCUT2D eigenvalue weighted by Gasteiger charge is 2.37. The normalized spacial score (nSPS) is 12.4.